The Labute approximate surface area is 230 Å². The second-order valence-corrected chi connectivity index (χ2v) is 9.39. The van der Waals surface area contributed by atoms with Gasteiger partial charge in [0.05, 0.1) is 33.5 Å². The smallest absolute Gasteiger partial charge is 0.323 e. The van der Waals surface area contributed by atoms with E-state index < -0.39 is 40.9 Å². The topological polar surface area (TPSA) is 48.1 Å². The van der Waals surface area contributed by atoms with Gasteiger partial charge < -0.3 is 14.8 Å². The molecule has 0 atom stereocenters. The summed E-state index contributed by atoms with van der Waals surface area (Å²) in [5.74, 6) is -5.25. The average Bonchev–Trinajstić information content (AvgIpc) is 3.38. The molecule has 0 aliphatic carbocycles. The molecule has 0 fully saturated rings. The fourth-order valence-electron chi connectivity index (χ4n) is 4.97. The highest BCUT2D eigenvalue weighted by atomic mass is 19.4. The molecule has 5 nitrogen and oxygen atoms in total. The van der Waals surface area contributed by atoms with Crippen molar-refractivity contribution in [2.45, 2.75) is 12.4 Å². The van der Waals surface area contributed by atoms with Crippen molar-refractivity contribution in [2.75, 3.05) is 22.9 Å². The number of halogens is 9. The molecule has 5 aromatic rings. The van der Waals surface area contributed by atoms with Gasteiger partial charge in [-0.3, -0.25) is 0 Å². The van der Waals surface area contributed by atoms with Gasteiger partial charge in [0.15, 0.2) is 17.5 Å². The van der Waals surface area contributed by atoms with Crippen molar-refractivity contribution in [2.24, 2.45) is 0 Å². The lowest BCUT2D eigenvalue weighted by Gasteiger charge is -2.37. The second kappa shape index (κ2) is 9.67. The highest BCUT2D eigenvalue weighted by molar-refractivity contribution is 5.95. The van der Waals surface area contributed by atoms with Gasteiger partial charge in [-0.2, -0.15) is 26.3 Å². The first kappa shape index (κ1) is 27.4. The van der Waals surface area contributed by atoms with Crippen molar-refractivity contribution in [3.63, 3.8) is 0 Å². The number of imidazole rings is 1. The molecule has 0 radical (unpaired) electrons. The summed E-state index contributed by atoms with van der Waals surface area (Å²) in [6, 6.07) is 11.1. The van der Waals surface area contributed by atoms with E-state index in [1.807, 2.05) is 0 Å². The van der Waals surface area contributed by atoms with Crippen LogP contribution in [-0.2, 0) is 12.4 Å². The standard InChI is InChI=1S/C28H16F9N5/c29-18-10-14(11-19(30)23(18)31)16-12-15(27(32,33)34)13-20-24(16)40-26(39-20)42-9-8-41(21-5-1-2-6-22(21)42)25-17(28(35,36)37)4-3-7-38-25/h1-7,10-13H,8-9H2,(H,39,40). The summed E-state index contributed by atoms with van der Waals surface area (Å²) in [6.07, 6.45) is -8.30. The number of rotatable bonds is 3. The average molecular weight is 593 g/mol. The van der Waals surface area contributed by atoms with Crippen LogP contribution in [0.4, 0.5) is 62.7 Å². The molecule has 1 aliphatic rings. The van der Waals surface area contributed by atoms with Crippen molar-refractivity contribution in [3.8, 4) is 11.1 Å². The Hall–Kier alpha value is -4.75. The normalized spacial score (nSPS) is 14.0. The van der Waals surface area contributed by atoms with Gasteiger partial charge in [0, 0.05) is 24.8 Å². The SMILES string of the molecule is Fc1cc(-c2cc(C(F)(F)F)cc3nc(N4CCN(c5ncccc5C(F)(F)F)c5ccccc54)[nH]c23)cc(F)c1F. The third kappa shape index (κ3) is 4.65. The predicted octanol–water partition coefficient (Wildman–Crippen LogP) is 8.37. The molecule has 3 heterocycles. The van der Waals surface area contributed by atoms with Gasteiger partial charge in [0.1, 0.15) is 5.82 Å². The largest absolute Gasteiger partial charge is 0.419 e. The van der Waals surface area contributed by atoms with Crippen LogP contribution >= 0.6 is 0 Å². The molecular formula is C28H16F9N5. The summed E-state index contributed by atoms with van der Waals surface area (Å²) in [5, 5.41) is 0. The Morgan fingerprint density at radius 3 is 2.02 bits per heavy atom. The maximum atomic E-state index is 14.0. The van der Waals surface area contributed by atoms with Crippen LogP contribution < -0.4 is 9.80 Å². The number of anilines is 4. The molecule has 216 valence electrons. The Morgan fingerprint density at radius 1 is 0.738 bits per heavy atom. The van der Waals surface area contributed by atoms with E-state index in [0.29, 0.717) is 29.6 Å². The van der Waals surface area contributed by atoms with Crippen molar-refractivity contribution in [1.29, 1.82) is 0 Å². The molecule has 0 amide bonds. The first-order chi connectivity index (χ1) is 19.8. The maximum absolute atomic E-state index is 14.0. The molecule has 14 heteroatoms. The number of pyridine rings is 1. The summed E-state index contributed by atoms with van der Waals surface area (Å²) < 4.78 is 124. The van der Waals surface area contributed by atoms with Crippen LogP contribution in [0.2, 0.25) is 0 Å². The summed E-state index contributed by atoms with van der Waals surface area (Å²) in [5.41, 5.74) is -2.28. The van der Waals surface area contributed by atoms with Crippen LogP contribution in [0.25, 0.3) is 22.2 Å². The number of nitrogens with one attached hydrogen (secondary N) is 1. The zero-order valence-electron chi connectivity index (χ0n) is 21.0. The quantitative estimate of drug-likeness (QED) is 0.169. The van der Waals surface area contributed by atoms with E-state index in [-0.39, 0.29) is 47.0 Å². The molecule has 42 heavy (non-hydrogen) atoms. The van der Waals surface area contributed by atoms with Crippen molar-refractivity contribution < 1.29 is 39.5 Å². The van der Waals surface area contributed by atoms with Gasteiger partial charge >= 0.3 is 12.4 Å². The number of H-pyrrole nitrogens is 1. The Balaban J connectivity index is 1.50. The van der Waals surface area contributed by atoms with Gasteiger partial charge in [-0.1, -0.05) is 12.1 Å². The molecule has 0 saturated carbocycles. The van der Waals surface area contributed by atoms with Crippen LogP contribution in [0.3, 0.4) is 0 Å². The number of aromatic nitrogens is 3. The Bertz CT molecular complexity index is 1800. The molecule has 1 aliphatic heterocycles. The van der Waals surface area contributed by atoms with E-state index in [1.165, 1.54) is 17.2 Å². The van der Waals surface area contributed by atoms with E-state index in [0.717, 1.165) is 12.1 Å². The number of para-hydroxylation sites is 2. The Morgan fingerprint density at radius 2 is 1.38 bits per heavy atom. The van der Waals surface area contributed by atoms with Crippen molar-refractivity contribution in [3.05, 3.63) is 95.4 Å². The number of hydrogen-bond acceptors (Lipinski definition) is 4. The summed E-state index contributed by atoms with van der Waals surface area (Å²) >= 11 is 0. The number of fused-ring (bicyclic) bond motifs is 2. The monoisotopic (exact) mass is 593 g/mol. The lowest BCUT2D eigenvalue weighted by atomic mass is 10.0. The molecule has 0 spiro atoms. The van der Waals surface area contributed by atoms with Gasteiger partial charge in [-0.15, -0.1) is 0 Å². The second-order valence-electron chi connectivity index (χ2n) is 9.39. The van der Waals surface area contributed by atoms with Crippen LogP contribution in [0, 0.1) is 17.5 Å². The van der Waals surface area contributed by atoms with Gasteiger partial charge in [-0.25, -0.2) is 23.1 Å². The molecular weight excluding hydrogens is 577 g/mol. The number of alkyl halides is 6. The van der Waals surface area contributed by atoms with Crippen LogP contribution in [0.1, 0.15) is 11.1 Å². The minimum Gasteiger partial charge on any atom is -0.323 e. The van der Waals surface area contributed by atoms with E-state index in [2.05, 4.69) is 15.0 Å². The first-order valence-corrected chi connectivity index (χ1v) is 12.2. The lowest BCUT2D eigenvalue weighted by Crippen LogP contribution is -2.37. The lowest BCUT2D eigenvalue weighted by molar-refractivity contribution is -0.138. The fraction of sp³-hybridized carbons (Fsp3) is 0.143. The Kier molecular flexibility index (Phi) is 6.31. The number of nitrogens with zero attached hydrogens (tertiary/aromatic N) is 4. The first-order valence-electron chi connectivity index (χ1n) is 12.2. The summed E-state index contributed by atoms with van der Waals surface area (Å²) in [4.78, 5) is 14.1. The third-order valence-electron chi connectivity index (χ3n) is 6.82. The van der Waals surface area contributed by atoms with Gasteiger partial charge in [0.2, 0.25) is 5.95 Å². The number of hydrogen-bond donors (Lipinski definition) is 1. The van der Waals surface area contributed by atoms with Crippen LogP contribution in [-0.4, -0.2) is 28.0 Å². The highest BCUT2D eigenvalue weighted by Crippen LogP contribution is 2.45. The fourth-order valence-corrected chi connectivity index (χ4v) is 4.97. The summed E-state index contributed by atoms with van der Waals surface area (Å²) in [6.45, 7) is 0.0230. The molecule has 1 N–H and O–H groups in total. The van der Waals surface area contributed by atoms with E-state index in [9.17, 15) is 39.5 Å². The van der Waals surface area contributed by atoms with Gasteiger partial charge in [-0.05, 0) is 54.1 Å². The minimum absolute atomic E-state index is 0.0107. The van der Waals surface area contributed by atoms with Crippen LogP contribution in [0.5, 0.6) is 0 Å². The minimum atomic E-state index is -4.85. The van der Waals surface area contributed by atoms with E-state index in [1.54, 1.807) is 29.2 Å². The highest BCUT2D eigenvalue weighted by Gasteiger charge is 2.38. The number of aromatic amines is 1. The molecule has 6 rings (SSSR count). The third-order valence-corrected chi connectivity index (χ3v) is 6.82. The van der Waals surface area contributed by atoms with E-state index >= 15 is 0 Å². The molecule has 0 saturated heterocycles. The summed E-state index contributed by atoms with van der Waals surface area (Å²) in [7, 11) is 0. The molecule has 0 unspecified atom stereocenters. The molecule has 3 aromatic carbocycles. The zero-order chi connectivity index (χ0) is 30.0. The van der Waals surface area contributed by atoms with Crippen molar-refractivity contribution >= 4 is 34.2 Å². The van der Waals surface area contributed by atoms with Gasteiger partial charge in [0.25, 0.3) is 0 Å². The number of benzene rings is 3. The molecule has 0 bridgehead atoms. The zero-order valence-corrected chi connectivity index (χ0v) is 21.0. The van der Waals surface area contributed by atoms with E-state index in [4.69, 9.17) is 0 Å². The molecule has 2 aromatic heterocycles. The maximum Gasteiger partial charge on any atom is 0.419 e. The van der Waals surface area contributed by atoms with Crippen molar-refractivity contribution in [1.82, 2.24) is 15.0 Å². The van der Waals surface area contributed by atoms with Crippen LogP contribution in [0.15, 0.2) is 66.9 Å². The predicted molar refractivity (Wildman–Crippen MR) is 136 cm³/mol.